The molecule has 1 heterocycles. The van der Waals surface area contributed by atoms with Crippen LogP contribution in [0.4, 0.5) is 44.3 Å². The predicted molar refractivity (Wildman–Crippen MR) is 134 cm³/mol. The molecule has 1 saturated heterocycles. The van der Waals surface area contributed by atoms with Crippen LogP contribution < -0.4 is 0 Å². The van der Waals surface area contributed by atoms with E-state index < -0.39 is 84.5 Å². The maximum atomic E-state index is 14.3. The minimum absolute atomic E-state index is 0.239. The zero-order chi connectivity index (χ0) is 32.0. The first kappa shape index (κ1) is 32.6. The van der Waals surface area contributed by atoms with Crippen molar-refractivity contribution < 1.29 is 57.5 Å². The van der Waals surface area contributed by atoms with Gasteiger partial charge in [-0.1, -0.05) is 30.3 Å². The number of benzene rings is 3. The number of carbonyl (C=O) groups excluding carboxylic acids is 1. The monoisotopic (exact) mass is 659 g/mol. The Labute approximate surface area is 243 Å². The number of ether oxygens (including phenoxy) is 1. The van der Waals surface area contributed by atoms with Gasteiger partial charge in [0.05, 0.1) is 11.5 Å². The van der Waals surface area contributed by atoms with Gasteiger partial charge in [-0.2, -0.15) is 26.3 Å². The number of rotatable bonds is 7. The average Bonchev–Trinajstić information content (AvgIpc) is 3.37. The SMILES string of the molecule is O=C(Cl)N1CCC(c2ccc(C(OCc3c(F)cccc3F)(C(F)(F)F)C(F)(F)F)cc2)(S(=O)(=O)c2ccc(F)cc2)C1. The van der Waals surface area contributed by atoms with Gasteiger partial charge in [0.1, 0.15) is 22.2 Å². The van der Waals surface area contributed by atoms with Gasteiger partial charge < -0.3 is 9.64 Å². The molecular weight excluding hydrogens is 641 g/mol. The summed E-state index contributed by atoms with van der Waals surface area (Å²) in [7, 11) is -4.58. The Bertz CT molecular complexity index is 1580. The molecule has 3 aromatic rings. The van der Waals surface area contributed by atoms with E-state index in [0.29, 0.717) is 36.4 Å². The Kier molecular flexibility index (Phi) is 8.59. The van der Waals surface area contributed by atoms with Crippen molar-refractivity contribution in [3.05, 3.63) is 101 Å². The van der Waals surface area contributed by atoms with E-state index >= 15 is 0 Å². The van der Waals surface area contributed by atoms with E-state index in [-0.39, 0.29) is 18.5 Å². The average molecular weight is 660 g/mol. The first-order chi connectivity index (χ1) is 19.9. The van der Waals surface area contributed by atoms with Crippen molar-refractivity contribution in [2.45, 2.75) is 40.6 Å². The van der Waals surface area contributed by atoms with Gasteiger partial charge in [0.2, 0.25) is 0 Å². The predicted octanol–water partition coefficient (Wildman–Crippen LogP) is 7.37. The standard InChI is InChI=1S/C27H19ClF9NO4S/c28-23(39)38-13-12-24(15-38,43(40,41)19-10-8-18(29)9-11-19)16-4-6-17(7-5-16)25(26(32,33)34,27(35,36)37)42-14-20-21(30)2-1-3-22(20)31/h1-11H,12-15H2. The maximum Gasteiger partial charge on any atom is 0.430 e. The van der Waals surface area contributed by atoms with E-state index in [2.05, 4.69) is 4.74 Å². The second-order valence-corrected chi connectivity index (χ2v) is 12.2. The normalized spacial score (nSPS) is 18.2. The summed E-state index contributed by atoms with van der Waals surface area (Å²) >= 11 is 5.53. The molecule has 5 nitrogen and oxygen atoms in total. The van der Waals surface area contributed by atoms with E-state index in [1.807, 2.05) is 0 Å². The van der Waals surface area contributed by atoms with E-state index in [0.717, 1.165) is 35.2 Å². The first-order valence-electron chi connectivity index (χ1n) is 12.1. The Morgan fingerprint density at radius 3 is 1.86 bits per heavy atom. The molecule has 16 heteroatoms. The fourth-order valence-electron chi connectivity index (χ4n) is 4.98. The molecule has 0 saturated carbocycles. The van der Waals surface area contributed by atoms with Crippen LogP contribution >= 0.6 is 11.6 Å². The molecule has 232 valence electrons. The van der Waals surface area contributed by atoms with Crippen LogP contribution in [0.2, 0.25) is 0 Å². The lowest BCUT2D eigenvalue weighted by Gasteiger charge is -2.38. The summed E-state index contributed by atoms with van der Waals surface area (Å²) in [4.78, 5) is 12.3. The Balaban J connectivity index is 1.86. The Morgan fingerprint density at radius 2 is 1.40 bits per heavy atom. The first-order valence-corrected chi connectivity index (χ1v) is 14.0. The zero-order valence-corrected chi connectivity index (χ0v) is 23.0. The van der Waals surface area contributed by atoms with Gasteiger partial charge in [0.15, 0.2) is 9.84 Å². The largest absolute Gasteiger partial charge is 0.430 e. The van der Waals surface area contributed by atoms with E-state index in [1.165, 1.54) is 0 Å². The van der Waals surface area contributed by atoms with Gasteiger partial charge in [-0.3, -0.25) is 4.79 Å². The third-order valence-electron chi connectivity index (χ3n) is 7.23. The van der Waals surface area contributed by atoms with Gasteiger partial charge in [-0.25, -0.2) is 21.6 Å². The van der Waals surface area contributed by atoms with Crippen molar-refractivity contribution in [1.29, 1.82) is 0 Å². The van der Waals surface area contributed by atoms with Crippen molar-refractivity contribution in [1.82, 2.24) is 4.90 Å². The number of sulfone groups is 1. The van der Waals surface area contributed by atoms with Crippen molar-refractivity contribution in [2.75, 3.05) is 13.1 Å². The molecule has 1 fully saturated rings. The summed E-state index contributed by atoms with van der Waals surface area (Å²) in [6.07, 6.45) is -12.8. The molecule has 1 atom stereocenters. The smallest absolute Gasteiger partial charge is 0.349 e. The van der Waals surface area contributed by atoms with Gasteiger partial charge in [-0.15, -0.1) is 0 Å². The number of carbonyl (C=O) groups is 1. The number of likely N-dealkylation sites (tertiary alicyclic amines) is 1. The highest BCUT2D eigenvalue weighted by molar-refractivity contribution is 7.92. The quantitative estimate of drug-likeness (QED) is 0.115. The van der Waals surface area contributed by atoms with Crippen LogP contribution in [0.1, 0.15) is 23.1 Å². The van der Waals surface area contributed by atoms with Gasteiger partial charge >= 0.3 is 17.7 Å². The Morgan fingerprint density at radius 1 is 0.860 bits per heavy atom. The number of nitrogens with zero attached hydrogens (tertiary/aromatic N) is 1. The van der Waals surface area contributed by atoms with Gasteiger partial charge in [0.25, 0.3) is 5.60 Å². The number of alkyl halides is 6. The summed E-state index contributed by atoms with van der Waals surface area (Å²) in [5, 5.41) is -1.06. The second-order valence-electron chi connectivity index (χ2n) is 9.62. The number of amides is 1. The summed E-state index contributed by atoms with van der Waals surface area (Å²) in [6.45, 7) is -2.63. The van der Waals surface area contributed by atoms with E-state index in [1.54, 1.807) is 0 Å². The number of halogens is 10. The van der Waals surface area contributed by atoms with Crippen molar-refractivity contribution in [3.63, 3.8) is 0 Å². The van der Waals surface area contributed by atoms with Crippen LogP contribution in [0.25, 0.3) is 0 Å². The molecule has 0 spiro atoms. The fourth-order valence-corrected chi connectivity index (χ4v) is 7.20. The minimum atomic E-state index is -6.22. The van der Waals surface area contributed by atoms with Gasteiger partial charge in [0, 0.05) is 24.2 Å². The number of hydrogen-bond donors (Lipinski definition) is 0. The van der Waals surface area contributed by atoms with E-state index in [4.69, 9.17) is 11.6 Å². The summed E-state index contributed by atoms with van der Waals surface area (Å²) in [6, 6.07) is 7.65. The molecule has 0 N–H and O–H groups in total. The van der Waals surface area contributed by atoms with Crippen LogP contribution in [0.3, 0.4) is 0 Å². The highest BCUT2D eigenvalue weighted by atomic mass is 35.5. The maximum absolute atomic E-state index is 14.3. The van der Waals surface area contributed by atoms with E-state index in [9.17, 15) is 52.7 Å². The summed E-state index contributed by atoms with van der Waals surface area (Å²) in [5.74, 6) is -3.67. The lowest BCUT2D eigenvalue weighted by Crippen LogP contribution is -2.56. The second kappa shape index (κ2) is 11.3. The molecule has 0 aliphatic carbocycles. The molecule has 43 heavy (non-hydrogen) atoms. The lowest BCUT2D eigenvalue weighted by molar-refractivity contribution is -0.392. The third-order valence-corrected chi connectivity index (χ3v) is 9.96. The molecule has 1 aliphatic rings. The summed E-state index contributed by atoms with van der Waals surface area (Å²) in [5.41, 5.74) is -8.15. The lowest BCUT2D eigenvalue weighted by atomic mass is 9.88. The fraction of sp³-hybridized carbons (Fsp3) is 0.296. The molecule has 1 amide bonds. The third kappa shape index (κ3) is 5.57. The molecule has 1 unspecified atom stereocenters. The van der Waals surface area contributed by atoms with Gasteiger partial charge in [-0.05, 0) is 60.0 Å². The summed E-state index contributed by atoms with van der Waals surface area (Å²) < 4.78 is 157. The van der Waals surface area contributed by atoms with Crippen LogP contribution in [0.5, 0.6) is 0 Å². The van der Waals surface area contributed by atoms with Crippen molar-refractivity contribution in [3.8, 4) is 0 Å². The van der Waals surface area contributed by atoms with Crippen LogP contribution in [-0.2, 0) is 31.5 Å². The molecule has 3 aromatic carbocycles. The van der Waals surface area contributed by atoms with Crippen LogP contribution in [0.15, 0.2) is 71.6 Å². The molecule has 1 aliphatic heterocycles. The van der Waals surface area contributed by atoms with Crippen molar-refractivity contribution >= 4 is 26.8 Å². The highest BCUT2D eigenvalue weighted by Gasteiger charge is 2.73. The minimum Gasteiger partial charge on any atom is -0.349 e. The molecular formula is C27H19ClF9NO4S. The number of hydrogen-bond acceptors (Lipinski definition) is 4. The van der Waals surface area contributed by atoms with Crippen LogP contribution in [-0.4, -0.2) is 44.1 Å². The van der Waals surface area contributed by atoms with Crippen LogP contribution in [0, 0.1) is 17.5 Å². The molecule has 0 radical (unpaired) electrons. The molecule has 4 rings (SSSR count). The zero-order valence-electron chi connectivity index (χ0n) is 21.4. The molecule has 0 aromatic heterocycles. The Hall–Kier alpha value is -3.30. The molecule has 0 bridgehead atoms. The van der Waals surface area contributed by atoms with Crippen molar-refractivity contribution in [2.24, 2.45) is 0 Å². The highest BCUT2D eigenvalue weighted by Crippen LogP contribution is 2.54. The topological polar surface area (TPSA) is 63.7 Å².